The van der Waals surface area contributed by atoms with E-state index < -0.39 is 0 Å². The lowest BCUT2D eigenvalue weighted by atomic mass is 10.2. The van der Waals surface area contributed by atoms with Crippen molar-refractivity contribution >= 4 is 0 Å². The maximum atomic E-state index is 11.2. The molecule has 3 nitrogen and oxygen atoms in total. The molecule has 0 aliphatic heterocycles. The fraction of sp³-hybridized carbons (Fsp3) is 1.00. The lowest BCUT2D eigenvalue weighted by Gasteiger charge is -2.04. The van der Waals surface area contributed by atoms with Crippen LogP contribution in [0.4, 0.5) is 4.53 Å². The highest BCUT2D eigenvalue weighted by Crippen LogP contribution is 1.99. The molecule has 0 aliphatic carbocycles. The predicted octanol–water partition coefficient (Wildman–Crippen LogP) is 2.07. The van der Waals surface area contributed by atoms with Crippen LogP contribution < -0.4 is 5.32 Å². The Morgan fingerprint density at radius 3 is 2.50 bits per heavy atom. The summed E-state index contributed by atoms with van der Waals surface area (Å²) in [6, 6.07) is 0. The Morgan fingerprint density at radius 2 is 1.79 bits per heavy atom. The van der Waals surface area contributed by atoms with Crippen LogP contribution in [-0.2, 0) is 9.68 Å². The summed E-state index contributed by atoms with van der Waals surface area (Å²) < 4.78 is 16.4. The van der Waals surface area contributed by atoms with Crippen LogP contribution in [0.2, 0.25) is 0 Å². The Balaban J connectivity index is 2.78. The molecule has 0 aromatic rings. The minimum atomic E-state index is 0.234. The molecule has 0 bridgehead atoms. The highest BCUT2D eigenvalue weighted by atomic mass is 19.3. The normalized spacial score (nSPS) is 10.7. The van der Waals surface area contributed by atoms with Crippen LogP contribution in [0.3, 0.4) is 0 Å². The molecule has 0 radical (unpaired) electrons. The van der Waals surface area contributed by atoms with Crippen LogP contribution in [0.25, 0.3) is 0 Å². The lowest BCUT2D eigenvalue weighted by molar-refractivity contribution is -0.133. The van der Waals surface area contributed by atoms with Gasteiger partial charge in [-0.3, -0.25) is 0 Å². The lowest BCUT2D eigenvalue weighted by Crippen LogP contribution is -2.20. The zero-order chi connectivity index (χ0) is 10.5. The molecule has 0 amide bonds. The zero-order valence-corrected chi connectivity index (χ0v) is 9.06. The maximum Gasteiger partial charge on any atom is 0.0876 e. The molecular formula is C10H22FNO2. The van der Waals surface area contributed by atoms with Crippen molar-refractivity contribution in [1.82, 2.24) is 5.32 Å². The minimum absolute atomic E-state index is 0.234. The molecule has 0 saturated carbocycles. The van der Waals surface area contributed by atoms with Gasteiger partial charge < -0.3 is 10.1 Å². The van der Waals surface area contributed by atoms with Crippen LogP contribution in [0.1, 0.15) is 32.6 Å². The minimum Gasteiger partial charge on any atom is -0.380 e. The van der Waals surface area contributed by atoms with Gasteiger partial charge in [0.2, 0.25) is 0 Å². The number of nitrogens with one attached hydrogen (secondary N) is 1. The summed E-state index contributed by atoms with van der Waals surface area (Å²) in [5.41, 5.74) is 0. The van der Waals surface area contributed by atoms with Crippen molar-refractivity contribution in [3.63, 3.8) is 0 Å². The van der Waals surface area contributed by atoms with Gasteiger partial charge in [0.05, 0.1) is 13.2 Å². The third-order valence-corrected chi connectivity index (χ3v) is 1.95. The SMILES string of the molecule is CCOCCNCCCCCCOF. The third kappa shape index (κ3) is 11.8. The molecule has 0 fully saturated rings. The van der Waals surface area contributed by atoms with Crippen LogP contribution in [0.15, 0.2) is 0 Å². The molecule has 0 aromatic carbocycles. The Morgan fingerprint density at radius 1 is 1.00 bits per heavy atom. The van der Waals surface area contributed by atoms with Gasteiger partial charge in [-0.15, -0.1) is 0 Å². The van der Waals surface area contributed by atoms with Crippen molar-refractivity contribution in [2.24, 2.45) is 0 Å². The summed E-state index contributed by atoms with van der Waals surface area (Å²) in [6.07, 6.45) is 4.12. The predicted molar refractivity (Wildman–Crippen MR) is 54.9 cm³/mol. The first-order chi connectivity index (χ1) is 6.91. The highest BCUT2D eigenvalue weighted by molar-refractivity contribution is 4.48. The Hall–Kier alpha value is -0.190. The van der Waals surface area contributed by atoms with Gasteiger partial charge in [-0.1, -0.05) is 12.8 Å². The molecule has 0 spiro atoms. The molecule has 1 N–H and O–H groups in total. The molecule has 86 valence electrons. The number of hydrogen-bond acceptors (Lipinski definition) is 3. The Kier molecular flexibility index (Phi) is 12.6. The molecular weight excluding hydrogens is 185 g/mol. The second-order valence-corrected chi connectivity index (χ2v) is 3.17. The van der Waals surface area contributed by atoms with Gasteiger partial charge in [0.15, 0.2) is 0 Å². The molecule has 0 aliphatic rings. The van der Waals surface area contributed by atoms with E-state index in [1.165, 1.54) is 0 Å². The van der Waals surface area contributed by atoms with Crippen molar-refractivity contribution in [3.8, 4) is 0 Å². The van der Waals surface area contributed by atoms with E-state index in [4.69, 9.17) is 4.74 Å². The van der Waals surface area contributed by atoms with Crippen LogP contribution in [0, 0.1) is 0 Å². The molecule has 14 heavy (non-hydrogen) atoms. The molecule has 0 rings (SSSR count). The van der Waals surface area contributed by atoms with Gasteiger partial charge in [-0.2, -0.15) is 4.94 Å². The Bertz CT molecular complexity index is 92.1. The fourth-order valence-electron chi connectivity index (χ4n) is 1.17. The van der Waals surface area contributed by atoms with E-state index in [0.29, 0.717) is 0 Å². The number of halogens is 1. The van der Waals surface area contributed by atoms with E-state index in [0.717, 1.165) is 52.0 Å². The molecule has 4 heteroatoms. The maximum absolute atomic E-state index is 11.2. The molecule has 0 aromatic heterocycles. The van der Waals surface area contributed by atoms with E-state index in [9.17, 15) is 4.53 Å². The first-order valence-electron chi connectivity index (χ1n) is 5.43. The number of ether oxygens (including phenoxy) is 1. The Labute approximate surface area is 85.9 Å². The van der Waals surface area contributed by atoms with Crippen molar-refractivity contribution in [3.05, 3.63) is 0 Å². The third-order valence-electron chi connectivity index (χ3n) is 1.95. The molecule has 0 unspecified atom stereocenters. The summed E-state index contributed by atoms with van der Waals surface area (Å²) in [5.74, 6) is 0. The summed E-state index contributed by atoms with van der Waals surface area (Å²) in [5, 5.41) is 3.28. The van der Waals surface area contributed by atoms with Gasteiger partial charge in [-0.25, -0.2) is 0 Å². The van der Waals surface area contributed by atoms with Crippen LogP contribution >= 0.6 is 0 Å². The fourth-order valence-corrected chi connectivity index (χ4v) is 1.17. The van der Waals surface area contributed by atoms with E-state index in [-0.39, 0.29) is 6.61 Å². The molecule has 0 saturated heterocycles. The molecule has 0 atom stereocenters. The summed E-state index contributed by atoms with van der Waals surface area (Å²) in [6.45, 7) is 5.73. The van der Waals surface area contributed by atoms with Gasteiger partial charge in [0.25, 0.3) is 0 Å². The van der Waals surface area contributed by atoms with E-state index in [1.807, 2.05) is 6.92 Å². The highest BCUT2D eigenvalue weighted by Gasteiger charge is 1.91. The average Bonchev–Trinajstić information content (AvgIpc) is 2.21. The number of rotatable bonds is 11. The van der Waals surface area contributed by atoms with E-state index in [1.54, 1.807) is 0 Å². The zero-order valence-electron chi connectivity index (χ0n) is 9.06. The summed E-state index contributed by atoms with van der Waals surface area (Å²) >= 11 is 0. The summed E-state index contributed by atoms with van der Waals surface area (Å²) in [7, 11) is 0. The first kappa shape index (κ1) is 13.8. The summed E-state index contributed by atoms with van der Waals surface area (Å²) in [4.78, 5) is 3.48. The molecule has 0 heterocycles. The van der Waals surface area contributed by atoms with Gasteiger partial charge >= 0.3 is 0 Å². The van der Waals surface area contributed by atoms with E-state index in [2.05, 4.69) is 10.3 Å². The van der Waals surface area contributed by atoms with Crippen molar-refractivity contribution < 1.29 is 14.2 Å². The largest absolute Gasteiger partial charge is 0.380 e. The van der Waals surface area contributed by atoms with Crippen LogP contribution in [0.5, 0.6) is 0 Å². The quantitative estimate of drug-likeness (QED) is 0.526. The topological polar surface area (TPSA) is 30.5 Å². The average molecular weight is 207 g/mol. The second-order valence-electron chi connectivity index (χ2n) is 3.17. The smallest absolute Gasteiger partial charge is 0.0876 e. The number of unbranched alkanes of at least 4 members (excludes halogenated alkanes) is 3. The first-order valence-corrected chi connectivity index (χ1v) is 5.43. The van der Waals surface area contributed by atoms with Crippen molar-refractivity contribution in [2.45, 2.75) is 32.6 Å². The standard InChI is InChI=1S/C10H22FNO2/c1-2-13-10-8-12-7-5-3-4-6-9-14-11/h12H,2-10H2,1H3. The van der Waals surface area contributed by atoms with E-state index >= 15 is 0 Å². The van der Waals surface area contributed by atoms with Gasteiger partial charge in [0.1, 0.15) is 0 Å². The van der Waals surface area contributed by atoms with Crippen LogP contribution in [-0.4, -0.2) is 32.9 Å². The van der Waals surface area contributed by atoms with Crippen molar-refractivity contribution in [1.29, 1.82) is 0 Å². The second kappa shape index (κ2) is 12.8. The van der Waals surface area contributed by atoms with Gasteiger partial charge in [0, 0.05) is 13.2 Å². The number of hydrogen-bond donors (Lipinski definition) is 1. The van der Waals surface area contributed by atoms with Crippen molar-refractivity contribution in [2.75, 3.05) is 32.9 Å². The van der Waals surface area contributed by atoms with Gasteiger partial charge in [-0.05, 0) is 30.8 Å². The monoisotopic (exact) mass is 207 g/mol.